The van der Waals surface area contributed by atoms with E-state index in [4.69, 9.17) is 23.2 Å². The summed E-state index contributed by atoms with van der Waals surface area (Å²) >= 11 is 11.9. The lowest BCUT2D eigenvalue weighted by Gasteiger charge is -2.13. The standard InChI is InChI=1S/C23H32Cl2N2O2S/c1-2-3-4-5-6-7-8-9-10-11-14-19-15-12-13-16-22(19)30(28,29)27-23-21(25)17-20(24)18-26-23/h12-13,15-18H,2-11,14H2,1H3,(H,26,27). The third kappa shape index (κ3) is 8.44. The molecule has 1 aromatic heterocycles. The van der Waals surface area contributed by atoms with Crippen LogP contribution in [0.5, 0.6) is 0 Å². The van der Waals surface area contributed by atoms with Crippen LogP contribution in [0.3, 0.4) is 0 Å². The second kappa shape index (κ2) is 13.2. The quantitative estimate of drug-likeness (QED) is 0.288. The van der Waals surface area contributed by atoms with Crippen LogP contribution in [0.25, 0.3) is 0 Å². The van der Waals surface area contributed by atoms with Crippen molar-refractivity contribution in [2.45, 2.75) is 82.4 Å². The second-order valence-corrected chi connectivity index (χ2v) is 10.1. The highest BCUT2D eigenvalue weighted by Crippen LogP contribution is 2.26. The third-order valence-electron chi connectivity index (χ3n) is 5.10. The molecule has 2 aromatic rings. The number of rotatable bonds is 14. The van der Waals surface area contributed by atoms with Crippen molar-refractivity contribution in [3.8, 4) is 0 Å². The van der Waals surface area contributed by atoms with Gasteiger partial charge in [0.05, 0.1) is 14.9 Å². The van der Waals surface area contributed by atoms with Crippen molar-refractivity contribution in [2.24, 2.45) is 0 Å². The Kier molecular flexibility index (Phi) is 11.0. The summed E-state index contributed by atoms with van der Waals surface area (Å²) in [5, 5.41) is 0.516. The Hall–Kier alpha value is -1.30. The van der Waals surface area contributed by atoms with Gasteiger partial charge in [-0.1, -0.05) is 106 Å². The molecular weight excluding hydrogens is 439 g/mol. The van der Waals surface area contributed by atoms with Crippen molar-refractivity contribution < 1.29 is 8.42 Å². The summed E-state index contributed by atoms with van der Waals surface area (Å²) in [7, 11) is -3.78. The van der Waals surface area contributed by atoms with E-state index in [-0.39, 0.29) is 15.7 Å². The van der Waals surface area contributed by atoms with E-state index >= 15 is 0 Å². The molecule has 0 spiro atoms. The minimum atomic E-state index is -3.78. The van der Waals surface area contributed by atoms with Crippen LogP contribution in [-0.2, 0) is 16.4 Å². The molecule has 0 unspecified atom stereocenters. The van der Waals surface area contributed by atoms with Crippen LogP contribution in [0.2, 0.25) is 10.0 Å². The Bertz CT molecular complexity index is 889. The Labute approximate surface area is 191 Å². The molecule has 0 bridgehead atoms. The molecule has 0 aliphatic rings. The molecule has 0 aliphatic carbocycles. The fraction of sp³-hybridized carbons (Fsp3) is 0.522. The van der Waals surface area contributed by atoms with Crippen molar-refractivity contribution >= 4 is 39.0 Å². The van der Waals surface area contributed by atoms with Gasteiger partial charge in [-0.25, -0.2) is 13.4 Å². The van der Waals surface area contributed by atoms with Crippen LogP contribution in [-0.4, -0.2) is 13.4 Å². The molecular formula is C23H32Cl2N2O2S. The number of hydrogen-bond donors (Lipinski definition) is 1. The second-order valence-electron chi connectivity index (χ2n) is 7.63. The van der Waals surface area contributed by atoms with Gasteiger partial charge < -0.3 is 0 Å². The highest BCUT2D eigenvalue weighted by atomic mass is 35.5. The summed E-state index contributed by atoms with van der Waals surface area (Å²) in [5.41, 5.74) is 0.814. The van der Waals surface area contributed by atoms with Gasteiger partial charge in [-0.2, -0.15) is 0 Å². The van der Waals surface area contributed by atoms with E-state index in [0.29, 0.717) is 5.02 Å². The van der Waals surface area contributed by atoms with Crippen LogP contribution < -0.4 is 4.72 Å². The third-order valence-corrected chi connectivity index (χ3v) is 7.03. The summed E-state index contributed by atoms with van der Waals surface area (Å²) < 4.78 is 28.3. The van der Waals surface area contributed by atoms with Gasteiger partial charge in [0.2, 0.25) is 0 Å². The van der Waals surface area contributed by atoms with Crippen molar-refractivity contribution in [3.63, 3.8) is 0 Å². The molecule has 30 heavy (non-hydrogen) atoms. The maximum Gasteiger partial charge on any atom is 0.263 e. The first-order chi connectivity index (χ1) is 14.4. The average Bonchev–Trinajstić information content (AvgIpc) is 2.72. The lowest BCUT2D eigenvalue weighted by Crippen LogP contribution is -2.16. The number of nitrogens with one attached hydrogen (secondary N) is 1. The van der Waals surface area contributed by atoms with Gasteiger partial charge in [-0.05, 0) is 30.5 Å². The molecule has 4 nitrogen and oxygen atoms in total. The number of benzene rings is 1. The summed E-state index contributed by atoms with van der Waals surface area (Å²) in [6.07, 6.45) is 14.6. The highest BCUT2D eigenvalue weighted by Gasteiger charge is 2.20. The Morgan fingerprint density at radius 2 is 1.50 bits per heavy atom. The van der Waals surface area contributed by atoms with E-state index < -0.39 is 10.0 Å². The molecule has 0 amide bonds. The molecule has 0 fully saturated rings. The van der Waals surface area contributed by atoms with Crippen molar-refractivity contribution in [3.05, 3.63) is 52.1 Å². The molecule has 7 heteroatoms. The zero-order valence-corrected chi connectivity index (χ0v) is 20.0. The molecule has 2 rings (SSSR count). The predicted octanol–water partition coefficient (Wildman–Crippen LogP) is 7.65. The average molecular weight is 471 g/mol. The van der Waals surface area contributed by atoms with Gasteiger partial charge in [0.1, 0.15) is 0 Å². The molecule has 1 heterocycles. The van der Waals surface area contributed by atoms with E-state index in [1.807, 2.05) is 12.1 Å². The molecule has 0 saturated heterocycles. The summed E-state index contributed by atoms with van der Waals surface area (Å²) in [6, 6.07) is 8.56. The first kappa shape index (κ1) is 25.0. The molecule has 1 N–H and O–H groups in total. The SMILES string of the molecule is CCCCCCCCCCCCc1ccccc1S(=O)(=O)Nc1ncc(Cl)cc1Cl. The van der Waals surface area contributed by atoms with Crippen LogP contribution >= 0.6 is 23.2 Å². The normalized spacial score (nSPS) is 11.6. The van der Waals surface area contributed by atoms with Gasteiger partial charge in [0.15, 0.2) is 5.82 Å². The fourth-order valence-electron chi connectivity index (χ4n) is 3.45. The van der Waals surface area contributed by atoms with E-state index in [9.17, 15) is 8.42 Å². The number of halogens is 2. The number of aryl methyl sites for hydroxylation is 1. The number of hydrogen-bond acceptors (Lipinski definition) is 3. The lowest BCUT2D eigenvalue weighted by molar-refractivity contribution is 0.555. The van der Waals surface area contributed by atoms with Crippen LogP contribution in [0.1, 0.15) is 76.7 Å². The maximum absolute atomic E-state index is 12.9. The number of sulfonamides is 1. The number of nitrogens with zero attached hydrogens (tertiary/aromatic N) is 1. The van der Waals surface area contributed by atoms with Crippen molar-refractivity contribution in [1.82, 2.24) is 4.98 Å². The molecule has 0 saturated carbocycles. The number of unbranched alkanes of at least 4 members (excludes halogenated alkanes) is 9. The van der Waals surface area contributed by atoms with Crippen LogP contribution in [0.15, 0.2) is 41.4 Å². The zero-order chi connectivity index (χ0) is 21.8. The summed E-state index contributed by atoms with van der Waals surface area (Å²) in [6.45, 7) is 2.24. The first-order valence-electron chi connectivity index (χ1n) is 10.9. The number of anilines is 1. The molecule has 0 radical (unpaired) electrons. The number of aromatic nitrogens is 1. The van der Waals surface area contributed by atoms with E-state index in [0.717, 1.165) is 24.8 Å². The van der Waals surface area contributed by atoms with Gasteiger partial charge in [-0.15, -0.1) is 0 Å². The van der Waals surface area contributed by atoms with Crippen molar-refractivity contribution in [2.75, 3.05) is 4.72 Å². The molecule has 166 valence electrons. The summed E-state index contributed by atoms with van der Waals surface area (Å²) in [4.78, 5) is 4.26. The van der Waals surface area contributed by atoms with Gasteiger partial charge in [-0.3, -0.25) is 4.72 Å². The van der Waals surface area contributed by atoms with Gasteiger partial charge in [0.25, 0.3) is 10.0 Å². The maximum atomic E-state index is 12.9. The van der Waals surface area contributed by atoms with Crippen LogP contribution in [0, 0.1) is 0 Å². The van der Waals surface area contributed by atoms with E-state index in [1.165, 1.54) is 63.6 Å². The fourth-order valence-corrected chi connectivity index (χ4v) is 5.23. The minimum absolute atomic E-state index is 0.0785. The molecule has 0 atom stereocenters. The molecule has 1 aromatic carbocycles. The van der Waals surface area contributed by atoms with E-state index in [1.54, 1.807) is 12.1 Å². The zero-order valence-electron chi connectivity index (χ0n) is 17.7. The molecule has 0 aliphatic heterocycles. The van der Waals surface area contributed by atoms with Gasteiger partial charge in [0, 0.05) is 6.20 Å². The monoisotopic (exact) mass is 470 g/mol. The van der Waals surface area contributed by atoms with E-state index in [2.05, 4.69) is 16.6 Å². The minimum Gasteiger partial charge on any atom is -0.262 e. The predicted molar refractivity (Wildman–Crippen MR) is 127 cm³/mol. The smallest absolute Gasteiger partial charge is 0.262 e. The Morgan fingerprint density at radius 3 is 2.13 bits per heavy atom. The van der Waals surface area contributed by atoms with Crippen molar-refractivity contribution in [1.29, 1.82) is 0 Å². The lowest BCUT2D eigenvalue weighted by atomic mass is 10.0. The Morgan fingerprint density at radius 1 is 0.900 bits per heavy atom. The topological polar surface area (TPSA) is 59.1 Å². The van der Waals surface area contributed by atoms with Gasteiger partial charge >= 0.3 is 0 Å². The highest BCUT2D eigenvalue weighted by molar-refractivity contribution is 7.92. The number of pyridine rings is 1. The van der Waals surface area contributed by atoms with Crippen LogP contribution in [0.4, 0.5) is 5.82 Å². The first-order valence-corrected chi connectivity index (χ1v) is 13.1. The Balaban J connectivity index is 1.85. The summed E-state index contributed by atoms with van der Waals surface area (Å²) in [5.74, 6) is 0.0785. The largest absolute Gasteiger partial charge is 0.263 e.